The number of nitrogens with zero attached hydrogens (tertiary/aromatic N) is 4. The Morgan fingerprint density at radius 2 is 1.03 bits per heavy atom. The maximum atomic E-state index is 14.6. The Kier molecular flexibility index (Phi) is 35.3. The van der Waals surface area contributed by atoms with Crippen molar-refractivity contribution in [2.75, 3.05) is 45.8 Å². The number of rotatable bonds is 43. The lowest BCUT2D eigenvalue weighted by molar-refractivity contribution is -0.146. The summed E-state index contributed by atoms with van der Waals surface area (Å²) in [4.78, 5) is 176. The molecule has 34 heteroatoms. The summed E-state index contributed by atoms with van der Waals surface area (Å²) in [6.45, 7) is 7.12. The van der Waals surface area contributed by atoms with Gasteiger partial charge in [-0.2, -0.15) is 0 Å². The molecule has 0 radical (unpaired) electrons. The largest absolute Gasteiger partial charge is 0.508 e. The van der Waals surface area contributed by atoms with Crippen molar-refractivity contribution in [3.05, 3.63) is 29.8 Å². The quantitative estimate of drug-likeness (QED) is 0.0166. The topological polar surface area (TPSA) is 581 Å². The van der Waals surface area contributed by atoms with Crippen LogP contribution in [-0.2, 0) is 64.0 Å². The van der Waals surface area contributed by atoms with Crippen LogP contribution in [0.2, 0.25) is 0 Å². The normalized spacial score (nSPS) is 17.2. The summed E-state index contributed by atoms with van der Waals surface area (Å²) in [5.74, 6) is -11.3. The molecular weight excluding hydrogens is 1240 g/mol. The highest BCUT2D eigenvalue weighted by molar-refractivity contribution is 5.99. The monoisotopic (exact) mass is 1340 g/mol. The van der Waals surface area contributed by atoms with Crippen molar-refractivity contribution in [1.82, 2.24) is 52.3 Å². The molecule has 0 aromatic heterocycles. The molecule has 2 fully saturated rings. The molecule has 95 heavy (non-hydrogen) atoms. The highest BCUT2D eigenvalue weighted by atomic mass is 16.4. The van der Waals surface area contributed by atoms with Gasteiger partial charge >= 0.3 is 5.97 Å². The minimum absolute atomic E-state index is 0.000159. The van der Waals surface area contributed by atoms with Crippen molar-refractivity contribution in [3.63, 3.8) is 0 Å². The Morgan fingerprint density at radius 3 is 1.52 bits per heavy atom. The number of carboxylic acids is 1. The molecule has 0 saturated carbocycles. The van der Waals surface area contributed by atoms with Crippen LogP contribution < -0.4 is 88.4 Å². The summed E-state index contributed by atoms with van der Waals surface area (Å²) in [5.41, 5.74) is 46.1. The molecule has 0 unspecified atom stereocenters. The van der Waals surface area contributed by atoms with Crippen LogP contribution in [-0.4, -0.2) is 209 Å². The van der Waals surface area contributed by atoms with Gasteiger partial charge in [-0.05, 0) is 145 Å². The molecule has 0 spiro atoms. The van der Waals surface area contributed by atoms with E-state index in [1.165, 1.54) is 17.0 Å². The lowest BCUT2D eigenvalue weighted by atomic mass is 9.96. The maximum absolute atomic E-state index is 14.6. The van der Waals surface area contributed by atoms with Crippen molar-refractivity contribution in [1.29, 1.82) is 0 Å². The zero-order valence-electron chi connectivity index (χ0n) is 55.1. The zero-order valence-corrected chi connectivity index (χ0v) is 55.1. The molecule has 11 amide bonds. The number of carbonyl (C=O) groups is 12. The van der Waals surface area contributed by atoms with Gasteiger partial charge in [-0.1, -0.05) is 46.2 Å². The Balaban J connectivity index is 1.88. The molecule has 34 nitrogen and oxygen atoms in total. The van der Waals surface area contributed by atoms with E-state index in [9.17, 15) is 67.7 Å². The van der Waals surface area contributed by atoms with Gasteiger partial charge in [-0.15, -0.1) is 0 Å². The smallest absolute Gasteiger partial charge is 0.305 e. The molecule has 2 aliphatic heterocycles. The van der Waals surface area contributed by atoms with Crippen molar-refractivity contribution in [2.45, 2.75) is 204 Å². The van der Waals surface area contributed by atoms with E-state index in [2.05, 4.69) is 52.5 Å². The highest BCUT2D eigenvalue weighted by Crippen LogP contribution is 2.23. The van der Waals surface area contributed by atoms with Crippen LogP contribution in [0.15, 0.2) is 34.3 Å². The summed E-state index contributed by atoms with van der Waals surface area (Å²) < 4.78 is 0. The number of phenols is 1. The number of likely N-dealkylation sites (tertiary alicyclic amines) is 2. The Labute approximate surface area is 553 Å². The maximum Gasteiger partial charge on any atom is 0.305 e. The predicted molar refractivity (Wildman–Crippen MR) is 352 cm³/mol. The van der Waals surface area contributed by atoms with Gasteiger partial charge in [-0.25, -0.2) is 0 Å². The number of benzene rings is 1. The van der Waals surface area contributed by atoms with Crippen LogP contribution in [0, 0.1) is 11.8 Å². The van der Waals surface area contributed by atoms with Crippen molar-refractivity contribution in [2.24, 2.45) is 67.7 Å². The molecule has 2 aliphatic rings. The Bertz CT molecular complexity index is 2800. The first-order chi connectivity index (χ1) is 45.0. The number of nitrogens with two attached hydrogens (primary N) is 8. The molecule has 0 bridgehead atoms. The second-order valence-corrected chi connectivity index (χ2v) is 24.5. The standard InChI is InChI=1S/C61H104N20O14/c1-5-35(4)49(57(93)77-42(17-11-27-71-61(68)69)58(94)80-28-12-18-45(80)55(91)74-39(50(65)86)14-6-8-24-62)79-53(89)40(15-7-9-25-63)75-52(88)41(16-10-26-70-60(66)67)76-54(90)43(30-34(2)3)78-56(92)46-19-13-29-81(46)59(95)44(32-48(84)85)73-47(83)33-72-51(87)38(64)31-36-20-22-37(82)23-21-36/h20-23,34-35,38-46,49,82H,5-19,24-33,62-64H2,1-4H3,(H2,65,86)(H,72,87)(H,73,83)(H,74,91)(H,75,88)(H,76,90)(H,77,93)(H,78,92)(H,79,89)(H,84,85)(H4,66,67,70)(H4,68,69,71)/t35-,38-,39-,40-,41-,42-,43-,44+,45-,46-,49-/m0/s1. The number of aliphatic imine (C=N–C) groups is 2. The molecule has 2 heterocycles. The van der Waals surface area contributed by atoms with Gasteiger partial charge in [0.2, 0.25) is 65.0 Å². The molecule has 1 aromatic carbocycles. The summed E-state index contributed by atoms with van der Waals surface area (Å²) in [7, 11) is 0. The van der Waals surface area contributed by atoms with Gasteiger partial charge in [0.25, 0.3) is 0 Å². The molecule has 11 atom stereocenters. The number of nitrogens with one attached hydrogen (secondary N) is 8. The van der Waals surface area contributed by atoms with Gasteiger partial charge in [0.05, 0.1) is 19.0 Å². The first kappa shape index (κ1) is 80.3. The van der Waals surface area contributed by atoms with E-state index < -0.39 is 150 Å². The summed E-state index contributed by atoms with van der Waals surface area (Å²) in [6.07, 6.45) is 2.80. The van der Waals surface area contributed by atoms with E-state index in [-0.39, 0.29) is 127 Å². The molecule has 532 valence electrons. The fourth-order valence-corrected chi connectivity index (χ4v) is 11.0. The van der Waals surface area contributed by atoms with Crippen molar-refractivity contribution >= 4 is 82.9 Å². The van der Waals surface area contributed by atoms with Gasteiger partial charge in [0.1, 0.15) is 60.1 Å². The minimum Gasteiger partial charge on any atom is -0.508 e. The first-order valence-corrected chi connectivity index (χ1v) is 32.6. The molecular formula is C61H104N20O14. The number of aromatic hydroxyl groups is 1. The van der Waals surface area contributed by atoms with Gasteiger partial charge in [0, 0.05) is 26.2 Å². The van der Waals surface area contributed by atoms with Crippen LogP contribution >= 0.6 is 0 Å². The molecule has 26 N–H and O–H groups in total. The van der Waals surface area contributed by atoms with Gasteiger partial charge in [-0.3, -0.25) is 67.5 Å². The lowest BCUT2D eigenvalue weighted by Crippen LogP contribution is -2.61. The number of amides is 11. The van der Waals surface area contributed by atoms with Crippen molar-refractivity contribution in [3.8, 4) is 5.75 Å². The van der Waals surface area contributed by atoms with E-state index in [1.54, 1.807) is 39.8 Å². The number of guanidine groups is 2. The number of unbranched alkanes of at least 4 members (excludes halogenated alkanes) is 2. The fourth-order valence-electron chi connectivity index (χ4n) is 11.0. The molecule has 0 aliphatic carbocycles. The van der Waals surface area contributed by atoms with Crippen LogP contribution in [0.25, 0.3) is 0 Å². The molecule has 1 aromatic rings. The van der Waals surface area contributed by atoms with E-state index in [0.29, 0.717) is 50.6 Å². The number of carboxylic acid groups (broad SMARTS) is 1. The zero-order chi connectivity index (χ0) is 70.9. The number of aliphatic carboxylic acids is 1. The highest BCUT2D eigenvalue weighted by Gasteiger charge is 2.42. The minimum atomic E-state index is -1.69. The summed E-state index contributed by atoms with van der Waals surface area (Å²) in [5, 5.41) is 40.5. The number of primary amides is 1. The third-order valence-electron chi connectivity index (χ3n) is 16.3. The second kappa shape index (κ2) is 41.7. The van der Waals surface area contributed by atoms with E-state index >= 15 is 0 Å². The Hall–Kier alpha value is -8.92. The SMILES string of the molecule is CC[C@H](C)[C@H](NC(=O)[C@H](CCCCN)NC(=O)[C@H](CCCN=C(N)N)NC(=O)[C@H](CC(C)C)NC(=O)[C@@H]1CCCN1C(=O)[C@@H](CC(=O)O)NC(=O)CNC(=O)[C@@H](N)Cc1ccc(O)cc1)C(=O)N[C@@H](CCCN=C(N)N)C(=O)N1CCC[C@H]1C(=O)N[C@@H](CCCCN)C(N)=O. The number of hydrogen-bond acceptors (Lipinski definition) is 18. The van der Waals surface area contributed by atoms with Crippen molar-refractivity contribution < 1.29 is 67.7 Å². The van der Waals surface area contributed by atoms with Crippen LogP contribution in [0.1, 0.15) is 142 Å². The number of phenolic OH excluding ortho intramolecular Hbond substituents is 1. The number of hydrogen-bond donors (Lipinski definition) is 18. The van der Waals surface area contributed by atoms with E-state index in [1.807, 2.05) is 0 Å². The predicted octanol–water partition coefficient (Wildman–Crippen LogP) is -4.83. The van der Waals surface area contributed by atoms with Crippen LogP contribution in [0.3, 0.4) is 0 Å². The average molecular weight is 1340 g/mol. The third kappa shape index (κ3) is 28.3. The number of carbonyl (C=O) groups excluding carboxylic acids is 11. The van der Waals surface area contributed by atoms with Gasteiger partial charge in [0.15, 0.2) is 11.9 Å². The third-order valence-corrected chi connectivity index (χ3v) is 16.3. The summed E-state index contributed by atoms with van der Waals surface area (Å²) >= 11 is 0. The van der Waals surface area contributed by atoms with Gasteiger partial charge < -0.3 is 108 Å². The van der Waals surface area contributed by atoms with Crippen LogP contribution in [0.4, 0.5) is 0 Å². The Morgan fingerprint density at radius 1 is 0.568 bits per heavy atom. The average Bonchev–Trinajstić information content (AvgIpc) is 1.77. The second-order valence-electron chi connectivity index (χ2n) is 24.5. The van der Waals surface area contributed by atoms with E-state index in [4.69, 9.17) is 45.9 Å². The van der Waals surface area contributed by atoms with E-state index in [0.717, 1.165) is 4.90 Å². The van der Waals surface area contributed by atoms with Crippen LogP contribution in [0.5, 0.6) is 5.75 Å². The molecule has 2 saturated heterocycles. The summed E-state index contributed by atoms with van der Waals surface area (Å²) in [6, 6.07) is -6.79. The molecule has 3 rings (SSSR count). The fraction of sp³-hybridized carbons (Fsp3) is 0.672. The first-order valence-electron chi connectivity index (χ1n) is 32.6. The lowest BCUT2D eigenvalue weighted by Gasteiger charge is -2.32.